The Morgan fingerprint density at radius 2 is 2.00 bits per heavy atom. The van der Waals surface area contributed by atoms with Crippen molar-refractivity contribution in [3.8, 4) is 0 Å². The second-order valence-electron chi connectivity index (χ2n) is 4.91. The Labute approximate surface area is 125 Å². The summed E-state index contributed by atoms with van der Waals surface area (Å²) in [7, 11) is 0. The van der Waals surface area contributed by atoms with Crippen molar-refractivity contribution in [1.29, 1.82) is 0 Å². The maximum absolute atomic E-state index is 12.5. The van der Waals surface area contributed by atoms with Crippen LogP contribution in [0, 0.1) is 0 Å². The average molecular weight is 286 g/mol. The number of carbonyl (C=O) groups is 1. The fraction of sp³-hybridized carbons (Fsp3) is 0.375. The molecule has 0 spiro atoms. The number of amides is 1. The first kappa shape index (κ1) is 15.1. The van der Waals surface area contributed by atoms with E-state index in [0.717, 1.165) is 6.42 Å². The third kappa shape index (κ3) is 3.62. The number of nitrogens with zero attached hydrogens (tertiary/aromatic N) is 3. The molecule has 0 aliphatic carbocycles. The van der Waals surface area contributed by atoms with Gasteiger partial charge in [-0.2, -0.15) is 5.10 Å². The number of carbonyl (C=O) groups excluding carboxylic acids is 1. The molecule has 0 saturated carbocycles. The number of aryl methyl sites for hydroxylation is 1. The molecule has 0 saturated heterocycles. The molecule has 0 aliphatic rings. The standard InChI is InChI=1S/C16H22N4O/c1-3-19(11-10-13-8-6-5-7-9-13)16(21)15-14(17)12-20(4-2)18-15/h5-9,12H,3-4,10-11,17H2,1-2H3. The summed E-state index contributed by atoms with van der Waals surface area (Å²) in [5.74, 6) is -0.0990. The molecule has 0 aliphatic heterocycles. The van der Waals surface area contributed by atoms with Gasteiger partial charge in [-0.25, -0.2) is 0 Å². The van der Waals surface area contributed by atoms with Crippen LogP contribution in [0.4, 0.5) is 5.69 Å². The highest BCUT2D eigenvalue weighted by Gasteiger charge is 2.20. The molecule has 112 valence electrons. The first-order valence-corrected chi connectivity index (χ1v) is 7.31. The zero-order valence-electron chi connectivity index (χ0n) is 12.6. The predicted molar refractivity (Wildman–Crippen MR) is 84.0 cm³/mol. The molecule has 1 heterocycles. The summed E-state index contributed by atoms with van der Waals surface area (Å²) in [6.45, 7) is 5.94. The van der Waals surface area contributed by atoms with Gasteiger partial charge in [-0.15, -0.1) is 0 Å². The SMILES string of the molecule is CCN(CCc1ccccc1)C(=O)c1nn(CC)cc1N. The molecule has 0 unspecified atom stereocenters. The number of nitrogens with two attached hydrogens (primary N) is 1. The molecule has 5 nitrogen and oxygen atoms in total. The lowest BCUT2D eigenvalue weighted by atomic mass is 10.1. The number of hydrogen-bond donors (Lipinski definition) is 1. The van der Waals surface area contributed by atoms with Crippen LogP contribution in [0.25, 0.3) is 0 Å². The molecule has 0 radical (unpaired) electrons. The largest absolute Gasteiger partial charge is 0.396 e. The fourth-order valence-corrected chi connectivity index (χ4v) is 2.23. The van der Waals surface area contributed by atoms with Crippen molar-refractivity contribution < 1.29 is 4.79 Å². The average Bonchev–Trinajstić information content (AvgIpc) is 2.90. The van der Waals surface area contributed by atoms with Crippen molar-refractivity contribution in [2.75, 3.05) is 18.8 Å². The van der Waals surface area contributed by atoms with Crippen LogP contribution in [-0.4, -0.2) is 33.7 Å². The highest BCUT2D eigenvalue weighted by atomic mass is 16.2. The van der Waals surface area contributed by atoms with Gasteiger partial charge in [0.15, 0.2) is 5.69 Å². The Morgan fingerprint density at radius 1 is 1.29 bits per heavy atom. The maximum Gasteiger partial charge on any atom is 0.276 e. The lowest BCUT2D eigenvalue weighted by molar-refractivity contribution is 0.0760. The number of likely N-dealkylation sites (N-methyl/N-ethyl adjacent to an activating group) is 1. The van der Waals surface area contributed by atoms with Crippen molar-refractivity contribution in [3.63, 3.8) is 0 Å². The number of hydrogen-bond acceptors (Lipinski definition) is 3. The lowest BCUT2D eigenvalue weighted by Crippen LogP contribution is -2.33. The van der Waals surface area contributed by atoms with E-state index in [1.54, 1.807) is 15.8 Å². The molecule has 2 N–H and O–H groups in total. The van der Waals surface area contributed by atoms with Crippen LogP contribution >= 0.6 is 0 Å². The minimum atomic E-state index is -0.0990. The summed E-state index contributed by atoms with van der Waals surface area (Å²) in [6.07, 6.45) is 2.53. The van der Waals surface area contributed by atoms with E-state index < -0.39 is 0 Å². The number of rotatable bonds is 6. The Morgan fingerprint density at radius 3 is 2.57 bits per heavy atom. The van der Waals surface area contributed by atoms with Crippen LogP contribution in [0.15, 0.2) is 36.5 Å². The second-order valence-corrected chi connectivity index (χ2v) is 4.91. The molecule has 1 aromatic heterocycles. The number of anilines is 1. The van der Waals surface area contributed by atoms with Crippen molar-refractivity contribution in [3.05, 3.63) is 47.8 Å². The fourth-order valence-electron chi connectivity index (χ4n) is 2.23. The molecule has 21 heavy (non-hydrogen) atoms. The second kappa shape index (κ2) is 6.92. The third-order valence-electron chi connectivity index (χ3n) is 3.50. The first-order valence-electron chi connectivity index (χ1n) is 7.31. The van der Waals surface area contributed by atoms with Gasteiger partial charge in [0.2, 0.25) is 0 Å². The maximum atomic E-state index is 12.5. The van der Waals surface area contributed by atoms with Gasteiger partial charge in [0.05, 0.1) is 5.69 Å². The van der Waals surface area contributed by atoms with Crippen LogP contribution < -0.4 is 5.73 Å². The van der Waals surface area contributed by atoms with E-state index in [4.69, 9.17) is 5.73 Å². The van der Waals surface area contributed by atoms with Gasteiger partial charge < -0.3 is 10.6 Å². The lowest BCUT2D eigenvalue weighted by Gasteiger charge is -2.20. The number of benzene rings is 1. The van der Waals surface area contributed by atoms with Gasteiger partial charge in [0.25, 0.3) is 5.91 Å². The van der Waals surface area contributed by atoms with Crippen LogP contribution in [0.1, 0.15) is 29.9 Å². The Hall–Kier alpha value is -2.30. The van der Waals surface area contributed by atoms with Crippen molar-refractivity contribution in [2.45, 2.75) is 26.8 Å². The van der Waals surface area contributed by atoms with E-state index in [0.29, 0.717) is 31.0 Å². The van der Waals surface area contributed by atoms with E-state index in [9.17, 15) is 4.79 Å². The highest BCUT2D eigenvalue weighted by Crippen LogP contribution is 2.13. The molecular weight excluding hydrogens is 264 g/mol. The molecule has 1 amide bonds. The Kier molecular flexibility index (Phi) is 4.98. The molecule has 0 atom stereocenters. The summed E-state index contributed by atoms with van der Waals surface area (Å²) in [5, 5.41) is 4.25. The summed E-state index contributed by atoms with van der Waals surface area (Å²) in [6, 6.07) is 10.1. The Balaban J connectivity index is 2.06. The van der Waals surface area contributed by atoms with Crippen LogP contribution in [0.3, 0.4) is 0 Å². The molecule has 5 heteroatoms. The monoisotopic (exact) mass is 286 g/mol. The van der Waals surface area contributed by atoms with E-state index in [2.05, 4.69) is 17.2 Å². The molecular formula is C16H22N4O. The van der Waals surface area contributed by atoms with Gasteiger partial charge in [-0.3, -0.25) is 9.48 Å². The predicted octanol–water partition coefficient (Wildman–Crippen LogP) is 2.19. The molecule has 1 aromatic carbocycles. The summed E-state index contributed by atoms with van der Waals surface area (Å²) in [4.78, 5) is 14.3. The molecule has 0 fully saturated rings. The molecule has 0 bridgehead atoms. The molecule has 2 aromatic rings. The minimum absolute atomic E-state index is 0.0990. The van der Waals surface area contributed by atoms with Crippen molar-refractivity contribution in [2.24, 2.45) is 0 Å². The van der Waals surface area contributed by atoms with Crippen LogP contribution in [-0.2, 0) is 13.0 Å². The number of aromatic nitrogens is 2. The third-order valence-corrected chi connectivity index (χ3v) is 3.50. The minimum Gasteiger partial charge on any atom is -0.396 e. The van der Waals surface area contributed by atoms with Gasteiger partial charge >= 0.3 is 0 Å². The van der Waals surface area contributed by atoms with Gasteiger partial charge in [0.1, 0.15) is 0 Å². The summed E-state index contributed by atoms with van der Waals surface area (Å²) >= 11 is 0. The quantitative estimate of drug-likeness (QED) is 0.885. The van der Waals surface area contributed by atoms with Crippen LogP contribution in [0.2, 0.25) is 0 Å². The topological polar surface area (TPSA) is 64.2 Å². The first-order chi connectivity index (χ1) is 10.2. The van der Waals surface area contributed by atoms with Gasteiger partial charge in [-0.1, -0.05) is 30.3 Å². The van der Waals surface area contributed by atoms with E-state index in [1.807, 2.05) is 32.0 Å². The highest BCUT2D eigenvalue weighted by molar-refractivity contribution is 5.97. The van der Waals surface area contributed by atoms with Gasteiger partial charge in [0, 0.05) is 25.8 Å². The number of nitrogen functional groups attached to an aromatic ring is 1. The summed E-state index contributed by atoms with van der Waals surface area (Å²) < 4.78 is 1.69. The van der Waals surface area contributed by atoms with Crippen molar-refractivity contribution >= 4 is 11.6 Å². The van der Waals surface area contributed by atoms with E-state index in [-0.39, 0.29) is 5.91 Å². The van der Waals surface area contributed by atoms with Gasteiger partial charge in [-0.05, 0) is 25.8 Å². The van der Waals surface area contributed by atoms with E-state index >= 15 is 0 Å². The normalized spacial score (nSPS) is 10.6. The summed E-state index contributed by atoms with van der Waals surface area (Å²) in [5.41, 5.74) is 7.90. The van der Waals surface area contributed by atoms with E-state index in [1.165, 1.54) is 5.56 Å². The zero-order valence-corrected chi connectivity index (χ0v) is 12.6. The zero-order chi connectivity index (χ0) is 15.2. The van der Waals surface area contributed by atoms with Crippen LogP contribution in [0.5, 0.6) is 0 Å². The Bertz CT molecular complexity index is 592. The molecule has 2 rings (SSSR count). The van der Waals surface area contributed by atoms with Crippen molar-refractivity contribution in [1.82, 2.24) is 14.7 Å². The smallest absolute Gasteiger partial charge is 0.276 e.